The molecule has 2 nitrogen and oxygen atoms in total. The van der Waals surface area contributed by atoms with Gasteiger partial charge >= 0.3 is 0 Å². The predicted octanol–water partition coefficient (Wildman–Crippen LogP) is 3.81. The summed E-state index contributed by atoms with van der Waals surface area (Å²) in [5.74, 6) is -1.03. The van der Waals surface area contributed by atoms with Crippen LogP contribution in [-0.4, -0.2) is 5.11 Å². The third-order valence-electron chi connectivity index (χ3n) is 2.49. The summed E-state index contributed by atoms with van der Waals surface area (Å²) in [6, 6.07) is 9.97. The van der Waals surface area contributed by atoms with E-state index in [1.165, 1.54) is 43.3 Å². The van der Waals surface area contributed by atoms with E-state index in [0.29, 0.717) is 0 Å². The minimum absolute atomic E-state index is 0.00926. The number of hydrogen-bond acceptors (Lipinski definition) is 2. The number of halogens is 2. The Labute approximate surface area is 103 Å². The second-order valence-electron chi connectivity index (χ2n) is 3.86. The van der Waals surface area contributed by atoms with Crippen molar-refractivity contribution in [3.8, 4) is 11.5 Å². The zero-order valence-electron chi connectivity index (χ0n) is 9.73. The molecule has 1 N–H and O–H groups in total. The summed E-state index contributed by atoms with van der Waals surface area (Å²) in [6.07, 6.45) is -1.03. The second kappa shape index (κ2) is 5.14. The number of aliphatic hydroxyl groups is 1. The third kappa shape index (κ3) is 2.49. The fourth-order valence-electron chi connectivity index (χ4n) is 1.66. The first kappa shape index (κ1) is 12.5. The van der Waals surface area contributed by atoms with Crippen molar-refractivity contribution in [2.45, 2.75) is 13.0 Å². The van der Waals surface area contributed by atoms with Crippen LogP contribution in [0.25, 0.3) is 0 Å². The van der Waals surface area contributed by atoms with Crippen LogP contribution < -0.4 is 4.74 Å². The number of hydrogen-bond donors (Lipinski definition) is 1. The highest BCUT2D eigenvalue weighted by molar-refractivity contribution is 5.40. The van der Waals surface area contributed by atoms with Crippen LogP contribution in [0.1, 0.15) is 18.6 Å². The highest BCUT2D eigenvalue weighted by Gasteiger charge is 2.16. The summed E-state index contributed by atoms with van der Waals surface area (Å²) in [4.78, 5) is 0. The van der Waals surface area contributed by atoms with Gasteiger partial charge in [-0.2, -0.15) is 0 Å². The van der Waals surface area contributed by atoms with Gasteiger partial charge in [0.25, 0.3) is 0 Å². The van der Waals surface area contributed by atoms with Crippen molar-refractivity contribution in [1.82, 2.24) is 0 Å². The number of ether oxygens (including phenoxy) is 1. The molecular weight excluding hydrogens is 238 g/mol. The van der Waals surface area contributed by atoms with Gasteiger partial charge in [0, 0.05) is 0 Å². The quantitative estimate of drug-likeness (QED) is 0.897. The molecule has 2 aromatic rings. The summed E-state index contributed by atoms with van der Waals surface area (Å²) >= 11 is 0. The molecule has 94 valence electrons. The lowest BCUT2D eigenvalue weighted by Gasteiger charge is -2.14. The highest BCUT2D eigenvalue weighted by atomic mass is 19.1. The molecule has 0 saturated carbocycles. The summed E-state index contributed by atoms with van der Waals surface area (Å²) in [5.41, 5.74) is 0.0146. The molecule has 2 rings (SSSR count). The maximum atomic E-state index is 13.6. The Kier molecular flexibility index (Phi) is 3.58. The molecule has 0 aliphatic carbocycles. The number of para-hydroxylation sites is 1. The highest BCUT2D eigenvalue weighted by Crippen LogP contribution is 2.32. The van der Waals surface area contributed by atoms with Crippen molar-refractivity contribution >= 4 is 0 Å². The van der Waals surface area contributed by atoms with Crippen LogP contribution in [0.5, 0.6) is 11.5 Å². The monoisotopic (exact) mass is 250 g/mol. The Hall–Kier alpha value is -1.94. The Morgan fingerprint density at radius 2 is 1.56 bits per heavy atom. The molecule has 0 radical (unpaired) electrons. The van der Waals surface area contributed by atoms with Gasteiger partial charge in [-0.1, -0.05) is 18.2 Å². The Bertz CT molecular complexity index is 553. The molecule has 0 heterocycles. The van der Waals surface area contributed by atoms with Gasteiger partial charge in [-0.3, -0.25) is 0 Å². The number of rotatable bonds is 3. The van der Waals surface area contributed by atoms with E-state index in [-0.39, 0.29) is 17.1 Å². The lowest BCUT2D eigenvalue weighted by molar-refractivity contribution is 0.190. The van der Waals surface area contributed by atoms with Crippen LogP contribution in [0, 0.1) is 11.6 Å². The van der Waals surface area contributed by atoms with Crippen molar-refractivity contribution in [2.24, 2.45) is 0 Å². The maximum absolute atomic E-state index is 13.6. The largest absolute Gasteiger partial charge is 0.454 e. The van der Waals surface area contributed by atoms with Gasteiger partial charge in [0.15, 0.2) is 11.6 Å². The molecule has 2 aromatic carbocycles. The Morgan fingerprint density at radius 3 is 2.22 bits per heavy atom. The van der Waals surface area contributed by atoms with Crippen LogP contribution in [0.3, 0.4) is 0 Å². The lowest BCUT2D eigenvalue weighted by atomic mass is 10.1. The van der Waals surface area contributed by atoms with E-state index in [1.54, 1.807) is 6.07 Å². The van der Waals surface area contributed by atoms with E-state index < -0.39 is 17.7 Å². The van der Waals surface area contributed by atoms with Gasteiger partial charge < -0.3 is 9.84 Å². The van der Waals surface area contributed by atoms with Gasteiger partial charge in [0.2, 0.25) is 0 Å². The van der Waals surface area contributed by atoms with E-state index in [9.17, 15) is 13.9 Å². The second-order valence-corrected chi connectivity index (χ2v) is 3.86. The number of benzene rings is 2. The fourth-order valence-corrected chi connectivity index (χ4v) is 1.66. The minimum atomic E-state index is -1.03. The lowest BCUT2D eigenvalue weighted by Crippen LogP contribution is -2.00. The average molecular weight is 250 g/mol. The molecule has 1 atom stereocenters. The molecule has 0 aliphatic rings. The Morgan fingerprint density at radius 1 is 0.944 bits per heavy atom. The first-order valence-corrected chi connectivity index (χ1v) is 5.48. The van der Waals surface area contributed by atoms with E-state index in [1.807, 2.05) is 0 Å². The fraction of sp³-hybridized carbons (Fsp3) is 0.143. The smallest absolute Gasteiger partial charge is 0.165 e. The average Bonchev–Trinajstić information content (AvgIpc) is 2.31. The van der Waals surface area contributed by atoms with E-state index in [4.69, 9.17) is 4.74 Å². The van der Waals surface area contributed by atoms with Crippen molar-refractivity contribution in [2.75, 3.05) is 0 Å². The standard InChI is InChI=1S/C14H12F2O2/c1-9(17)14-11(16)6-4-8-13(14)18-12-7-3-2-5-10(12)15/h2-9,17H,1H3/t9-/m0/s1. The van der Waals surface area contributed by atoms with Gasteiger partial charge in [-0.15, -0.1) is 0 Å². The van der Waals surface area contributed by atoms with Gasteiger partial charge in [0.05, 0.1) is 11.7 Å². The van der Waals surface area contributed by atoms with Gasteiger partial charge in [0.1, 0.15) is 11.6 Å². The number of aliphatic hydroxyl groups excluding tert-OH is 1. The zero-order valence-corrected chi connectivity index (χ0v) is 9.73. The van der Waals surface area contributed by atoms with Crippen LogP contribution in [-0.2, 0) is 0 Å². The molecule has 0 spiro atoms. The summed E-state index contributed by atoms with van der Waals surface area (Å²) < 4.78 is 32.3. The van der Waals surface area contributed by atoms with Crippen LogP contribution in [0.4, 0.5) is 8.78 Å². The van der Waals surface area contributed by atoms with Crippen molar-refractivity contribution in [3.05, 3.63) is 59.7 Å². The molecule has 0 saturated heterocycles. The normalized spacial score (nSPS) is 12.2. The van der Waals surface area contributed by atoms with Crippen molar-refractivity contribution in [1.29, 1.82) is 0 Å². The van der Waals surface area contributed by atoms with Crippen molar-refractivity contribution in [3.63, 3.8) is 0 Å². The topological polar surface area (TPSA) is 29.5 Å². The molecule has 4 heteroatoms. The summed E-state index contributed by atoms with van der Waals surface area (Å²) in [7, 11) is 0. The molecular formula is C14H12F2O2. The predicted molar refractivity (Wildman–Crippen MR) is 63.5 cm³/mol. The van der Waals surface area contributed by atoms with Gasteiger partial charge in [-0.25, -0.2) is 8.78 Å². The van der Waals surface area contributed by atoms with Crippen LogP contribution in [0.2, 0.25) is 0 Å². The molecule has 0 aromatic heterocycles. The van der Waals surface area contributed by atoms with Crippen LogP contribution in [0.15, 0.2) is 42.5 Å². The first-order valence-electron chi connectivity index (χ1n) is 5.48. The van der Waals surface area contributed by atoms with Crippen molar-refractivity contribution < 1.29 is 18.6 Å². The van der Waals surface area contributed by atoms with E-state index in [2.05, 4.69) is 0 Å². The third-order valence-corrected chi connectivity index (χ3v) is 2.49. The molecule has 0 unspecified atom stereocenters. The summed E-state index contributed by atoms with van der Waals surface area (Å²) in [6.45, 7) is 1.42. The molecule has 0 bridgehead atoms. The molecule has 0 amide bonds. The van der Waals surface area contributed by atoms with E-state index in [0.717, 1.165) is 0 Å². The summed E-state index contributed by atoms with van der Waals surface area (Å²) in [5, 5.41) is 9.52. The maximum Gasteiger partial charge on any atom is 0.165 e. The SMILES string of the molecule is C[C@H](O)c1c(F)cccc1Oc1ccccc1F. The first-order chi connectivity index (χ1) is 8.59. The van der Waals surface area contributed by atoms with E-state index >= 15 is 0 Å². The van der Waals surface area contributed by atoms with Crippen LogP contribution >= 0.6 is 0 Å². The minimum Gasteiger partial charge on any atom is -0.454 e. The van der Waals surface area contributed by atoms with Gasteiger partial charge in [-0.05, 0) is 31.2 Å². The zero-order chi connectivity index (χ0) is 13.1. The molecule has 0 aliphatic heterocycles. The molecule has 18 heavy (non-hydrogen) atoms. The Balaban J connectivity index is 2.41. The molecule has 0 fully saturated rings.